The lowest BCUT2D eigenvalue weighted by Gasteiger charge is -2.19. The average molecular weight is 267 g/mol. The minimum absolute atomic E-state index is 0.0436. The van der Waals surface area contributed by atoms with Crippen LogP contribution in [0.15, 0.2) is 18.2 Å². The molecule has 0 aliphatic heterocycles. The van der Waals surface area contributed by atoms with Gasteiger partial charge in [-0.2, -0.15) is 0 Å². The van der Waals surface area contributed by atoms with Gasteiger partial charge in [-0.05, 0) is 36.1 Å². The summed E-state index contributed by atoms with van der Waals surface area (Å²) in [5, 5.41) is 0.249. The van der Waals surface area contributed by atoms with E-state index in [1.807, 2.05) is 25.1 Å². The van der Waals surface area contributed by atoms with Gasteiger partial charge in [-0.3, -0.25) is 4.21 Å². The summed E-state index contributed by atoms with van der Waals surface area (Å²) in [7, 11) is 0.779. The van der Waals surface area contributed by atoms with E-state index in [0.29, 0.717) is 0 Å². The first-order valence-corrected chi connectivity index (χ1v) is 7.67. The first-order chi connectivity index (χ1) is 8.58. The molecule has 0 spiro atoms. The maximum atomic E-state index is 12.4. The summed E-state index contributed by atoms with van der Waals surface area (Å²) in [6.45, 7) is 4.10. The minimum atomic E-state index is -0.871. The zero-order valence-electron chi connectivity index (χ0n) is 11.2. The van der Waals surface area contributed by atoms with E-state index in [9.17, 15) is 4.21 Å². The zero-order valence-corrected chi connectivity index (χ0v) is 12.0. The Morgan fingerprint density at radius 1 is 1.56 bits per heavy atom. The molecule has 0 aromatic heterocycles. The Hall–Kier alpha value is -0.870. The standard InChI is InChI=1S/C14H21NO2S/c1-4-9(2)18(16)13-7-10-5-6-11(17-3)8-12(10)14(13)15/h5-6,8-9,13-14H,4,7,15H2,1-3H3. The quantitative estimate of drug-likeness (QED) is 0.909. The van der Waals surface area contributed by atoms with Gasteiger partial charge in [0.25, 0.3) is 0 Å². The van der Waals surface area contributed by atoms with Crippen molar-refractivity contribution in [2.24, 2.45) is 5.73 Å². The van der Waals surface area contributed by atoms with Crippen LogP contribution in [0, 0.1) is 0 Å². The van der Waals surface area contributed by atoms with Crippen LogP contribution >= 0.6 is 0 Å². The van der Waals surface area contributed by atoms with Gasteiger partial charge < -0.3 is 10.5 Å². The fourth-order valence-electron chi connectivity index (χ4n) is 2.43. The summed E-state index contributed by atoms with van der Waals surface area (Å²) in [6.07, 6.45) is 1.74. The molecule has 1 aliphatic carbocycles. The molecule has 0 bridgehead atoms. The highest BCUT2D eigenvalue weighted by atomic mass is 32.2. The molecule has 1 aromatic carbocycles. The van der Waals surface area contributed by atoms with Gasteiger partial charge in [-0.1, -0.05) is 19.9 Å². The fourth-order valence-corrected chi connectivity index (χ4v) is 4.13. The smallest absolute Gasteiger partial charge is 0.119 e. The minimum Gasteiger partial charge on any atom is -0.497 e. The second-order valence-corrected chi connectivity index (χ2v) is 6.95. The molecule has 4 heteroatoms. The van der Waals surface area contributed by atoms with Gasteiger partial charge in [0.1, 0.15) is 5.75 Å². The van der Waals surface area contributed by atoms with Crippen molar-refractivity contribution in [3.8, 4) is 5.75 Å². The van der Waals surface area contributed by atoms with Crippen LogP contribution in [0.3, 0.4) is 0 Å². The van der Waals surface area contributed by atoms with E-state index in [2.05, 4.69) is 6.92 Å². The molecule has 0 heterocycles. The monoisotopic (exact) mass is 267 g/mol. The van der Waals surface area contributed by atoms with E-state index in [1.165, 1.54) is 5.56 Å². The van der Waals surface area contributed by atoms with Crippen LogP contribution in [0.25, 0.3) is 0 Å². The molecule has 18 heavy (non-hydrogen) atoms. The van der Waals surface area contributed by atoms with Gasteiger partial charge in [-0.25, -0.2) is 0 Å². The number of fused-ring (bicyclic) bond motifs is 1. The Labute approximate surface area is 111 Å². The number of hydrogen-bond acceptors (Lipinski definition) is 3. The Morgan fingerprint density at radius 2 is 2.28 bits per heavy atom. The molecule has 0 fully saturated rings. The van der Waals surface area contributed by atoms with Crippen molar-refractivity contribution in [2.45, 2.75) is 43.2 Å². The van der Waals surface area contributed by atoms with Crippen molar-refractivity contribution in [1.29, 1.82) is 0 Å². The SMILES string of the molecule is CCC(C)S(=O)C1Cc2ccc(OC)cc2C1N. The second kappa shape index (κ2) is 5.41. The third-order valence-corrected chi connectivity index (χ3v) is 5.99. The topological polar surface area (TPSA) is 52.3 Å². The first-order valence-electron chi connectivity index (χ1n) is 6.40. The number of nitrogens with two attached hydrogens (primary N) is 1. The molecule has 0 amide bonds. The van der Waals surface area contributed by atoms with Crippen LogP contribution in [0.2, 0.25) is 0 Å². The lowest BCUT2D eigenvalue weighted by Crippen LogP contribution is -2.31. The van der Waals surface area contributed by atoms with Gasteiger partial charge in [0.2, 0.25) is 0 Å². The largest absolute Gasteiger partial charge is 0.497 e. The summed E-state index contributed by atoms with van der Waals surface area (Å²) < 4.78 is 17.6. The van der Waals surface area contributed by atoms with E-state index < -0.39 is 10.8 Å². The number of methoxy groups -OCH3 is 1. The fraction of sp³-hybridized carbons (Fsp3) is 0.571. The maximum absolute atomic E-state index is 12.4. The molecule has 0 saturated heterocycles. The molecular formula is C14H21NO2S. The number of rotatable bonds is 4. The van der Waals surface area contributed by atoms with Crippen LogP contribution in [0.5, 0.6) is 5.75 Å². The highest BCUT2D eigenvalue weighted by Gasteiger charge is 2.35. The third-order valence-electron chi connectivity index (χ3n) is 3.80. The molecule has 2 rings (SSSR count). The van der Waals surface area contributed by atoms with Crippen LogP contribution in [0.4, 0.5) is 0 Å². The normalized spacial score (nSPS) is 25.6. The highest BCUT2D eigenvalue weighted by Crippen LogP contribution is 2.36. The van der Waals surface area contributed by atoms with Crippen LogP contribution in [-0.2, 0) is 17.2 Å². The summed E-state index contributed by atoms with van der Waals surface area (Å²) in [5.41, 5.74) is 8.57. The van der Waals surface area contributed by atoms with Crippen molar-refractivity contribution in [2.75, 3.05) is 7.11 Å². The second-order valence-electron chi connectivity index (χ2n) is 4.88. The van der Waals surface area contributed by atoms with Gasteiger partial charge >= 0.3 is 0 Å². The number of ether oxygens (including phenoxy) is 1. The van der Waals surface area contributed by atoms with E-state index in [-0.39, 0.29) is 16.5 Å². The lowest BCUT2D eigenvalue weighted by atomic mass is 10.1. The Kier molecular flexibility index (Phi) is 4.07. The highest BCUT2D eigenvalue weighted by molar-refractivity contribution is 7.86. The lowest BCUT2D eigenvalue weighted by molar-refractivity contribution is 0.414. The molecule has 4 unspecified atom stereocenters. The molecular weight excluding hydrogens is 246 g/mol. The van der Waals surface area contributed by atoms with Crippen LogP contribution < -0.4 is 10.5 Å². The van der Waals surface area contributed by atoms with E-state index in [1.54, 1.807) is 7.11 Å². The van der Waals surface area contributed by atoms with Crippen molar-refractivity contribution in [3.05, 3.63) is 29.3 Å². The average Bonchev–Trinajstić information content (AvgIpc) is 2.73. The van der Waals surface area contributed by atoms with E-state index in [0.717, 1.165) is 24.2 Å². The van der Waals surface area contributed by atoms with Gasteiger partial charge in [-0.15, -0.1) is 0 Å². The van der Waals surface area contributed by atoms with Crippen molar-refractivity contribution >= 4 is 10.8 Å². The first kappa shape index (κ1) is 13.6. The molecule has 2 N–H and O–H groups in total. The molecule has 0 radical (unpaired) electrons. The maximum Gasteiger partial charge on any atom is 0.119 e. The Balaban J connectivity index is 2.25. The molecule has 100 valence electrons. The Bertz CT molecular complexity index is 461. The zero-order chi connectivity index (χ0) is 13.3. The molecule has 0 saturated carbocycles. The molecule has 3 nitrogen and oxygen atoms in total. The van der Waals surface area contributed by atoms with Crippen molar-refractivity contribution in [3.63, 3.8) is 0 Å². The van der Waals surface area contributed by atoms with E-state index in [4.69, 9.17) is 10.5 Å². The summed E-state index contributed by atoms with van der Waals surface area (Å²) in [6, 6.07) is 5.83. The van der Waals surface area contributed by atoms with Gasteiger partial charge in [0.05, 0.1) is 12.4 Å². The van der Waals surface area contributed by atoms with Crippen molar-refractivity contribution < 1.29 is 8.95 Å². The van der Waals surface area contributed by atoms with Gasteiger partial charge in [0.15, 0.2) is 0 Å². The Morgan fingerprint density at radius 3 is 2.89 bits per heavy atom. The van der Waals surface area contributed by atoms with Crippen molar-refractivity contribution in [1.82, 2.24) is 0 Å². The summed E-state index contributed by atoms with van der Waals surface area (Å²) in [4.78, 5) is 0. The summed E-state index contributed by atoms with van der Waals surface area (Å²) >= 11 is 0. The molecule has 1 aliphatic rings. The van der Waals surface area contributed by atoms with Crippen LogP contribution in [-0.4, -0.2) is 21.8 Å². The predicted octanol–water partition coefficient (Wildman–Crippen LogP) is 2.17. The molecule has 4 atom stereocenters. The van der Waals surface area contributed by atoms with Gasteiger partial charge in [0, 0.05) is 22.1 Å². The number of benzene rings is 1. The van der Waals surface area contributed by atoms with E-state index >= 15 is 0 Å². The predicted molar refractivity (Wildman–Crippen MR) is 75.3 cm³/mol. The van der Waals surface area contributed by atoms with Crippen LogP contribution in [0.1, 0.15) is 37.4 Å². The number of hydrogen-bond donors (Lipinski definition) is 1. The summed E-state index contributed by atoms with van der Waals surface area (Å²) in [5.74, 6) is 0.819. The molecule has 1 aromatic rings. The third kappa shape index (κ3) is 2.31.